The van der Waals surface area contributed by atoms with Crippen molar-refractivity contribution in [1.29, 1.82) is 0 Å². The van der Waals surface area contributed by atoms with Gasteiger partial charge < -0.3 is 19.3 Å². The van der Waals surface area contributed by atoms with E-state index < -0.39 is 0 Å². The Bertz CT molecular complexity index is 695. The molecule has 1 amide bonds. The largest absolute Gasteiger partial charge is 0.497 e. The summed E-state index contributed by atoms with van der Waals surface area (Å²) in [6.45, 7) is 4.41. The topological polar surface area (TPSA) is 43.2 Å². The number of thiophene rings is 1. The number of amides is 1. The molecule has 1 aromatic carbocycles. The highest BCUT2D eigenvalue weighted by molar-refractivity contribution is 7.08. The monoisotopic (exact) mass is 361 g/mol. The number of benzene rings is 1. The third kappa shape index (κ3) is 4.52. The molecule has 0 saturated carbocycles. The van der Waals surface area contributed by atoms with Crippen molar-refractivity contribution in [1.82, 2.24) is 4.90 Å². The summed E-state index contributed by atoms with van der Waals surface area (Å²) in [7, 11) is 3.37. The van der Waals surface area contributed by atoms with E-state index in [2.05, 4.69) is 5.38 Å². The first kappa shape index (κ1) is 17.8. The van der Waals surface area contributed by atoms with Crippen LogP contribution in [0.4, 0.5) is 0 Å². The molecule has 1 aliphatic heterocycles. The van der Waals surface area contributed by atoms with Gasteiger partial charge in [-0.1, -0.05) is 0 Å². The average molecular weight is 361 g/mol. The highest BCUT2D eigenvalue weighted by Crippen LogP contribution is 2.23. The molecule has 5 nitrogen and oxygen atoms in total. The lowest BCUT2D eigenvalue weighted by Crippen LogP contribution is -3.13. The fourth-order valence-electron chi connectivity index (χ4n) is 3.22. The molecular formula is C19H25N2O3S+. The zero-order chi connectivity index (χ0) is 17.6. The molecule has 6 heteroatoms. The predicted octanol–water partition coefficient (Wildman–Crippen LogP) is 1.24. The molecule has 0 unspecified atom stereocenters. The number of piperazine rings is 1. The van der Waals surface area contributed by atoms with Crippen LogP contribution < -0.4 is 14.4 Å². The second kappa shape index (κ2) is 8.36. The lowest BCUT2D eigenvalue weighted by Gasteiger charge is -2.32. The van der Waals surface area contributed by atoms with Gasteiger partial charge in [0.1, 0.15) is 18.0 Å². The number of quaternary nitrogens is 1. The third-order valence-corrected chi connectivity index (χ3v) is 5.42. The number of hydrogen-bond donors (Lipinski definition) is 1. The van der Waals surface area contributed by atoms with Crippen LogP contribution in [0.1, 0.15) is 11.1 Å². The maximum absolute atomic E-state index is 12.4. The van der Waals surface area contributed by atoms with E-state index in [9.17, 15) is 4.79 Å². The van der Waals surface area contributed by atoms with E-state index in [1.807, 2.05) is 34.5 Å². The summed E-state index contributed by atoms with van der Waals surface area (Å²) in [6.07, 6.45) is 0.516. The van der Waals surface area contributed by atoms with Crippen molar-refractivity contribution >= 4 is 17.2 Å². The van der Waals surface area contributed by atoms with Crippen LogP contribution in [0.15, 0.2) is 35.0 Å². The minimum atomic E-state index is 0.233. The van der Waals surface area contributed by atoms with Crippen LogP contribution in [0.25, 0.3) is 0 Å². The van der Waals surface area contributed by atoms with Crippen molar-refractivity contribution in [2.45, 2.75) is 13.0 Å². The number of nitrogens with one attached hydrogen (secondary N) is 1. The Morgan fingerprint density at radius 3 is 2.64 bits per heavy atom. The Kier molecular flexibility index (Phi) is 5.94. The van der Waals surface area contributed by atoms with E-state index in [1.165, 1.54) is 4.90 Å². The van der Waals surface area contributed by atoms with E-state index in [0.717, 1.165) is 55.3 Å². The average Bonchev–Trinajstić information content (AvgIpc) is 3.15. The van der Waals surface area contributed by atoms with Crippen LogP contribution in [-0.2, 0) is 17.8 Å². The van der Waals surface area contributed by atoms with Gasteiger partial charge in [0.2, 0.25) is 5.91 Å². The number of carbonyl (C=O) groups is 1. The lowest BCUT2D eigenvalue weighted by molar-refractivity contribution is -0.917. The molecule has 2 heterocycles. The summed E-state index contributed by atoms with van der Waals surface area (Å²) >= 11 is 1.64. The summed E-state index contributed by atoms with van der Waals surface area (Å²) in [5, 5.41) is 4.07. The van der Waals surface area contributed by atoms with Gasteiger partial charge in [-0.25, -0.2) is 0 Å². The Morgan fingerprint density at radius 1 is 1.20 bits per heavy atom. The molecular weight excluding hydrogens is 336 g/mol. The summed E-state index contributed by atoms with van der Waals surface area (Å²) in [6, 6.07) is 7.94. The quantitative estimate of drug-likeness (QED) is 0.842. The van der Waals surface area contributed by atoms with Crippen LogP contribution in [-0.4, -0.2) is 51.2 Å². The molecule has 0 bridgehead atoms. The van der Waals surface area contributed by atoms with E-state index in [4.69, 9.17) is 9.47 Å². The molecule has 0 aliphatic carbocycles. The van der Waals surface area contributed by atoms with Gasteiger partial charge in [-0.2, -0.15) is 11.3 Å². The normalized spacial score (nSPS) is 15.2. The zero-order valence-electron chi connectivity index (χ0n) is 14.8. The van der Waals surface area contributed by atoms with Crippen molar-refractivity contribution in [2.24, 2.45) is 0 Å². The van der Waals surface area contributed by atoms with Gasteiger partial charge in [0.05, 0.1) is 52.4 Å². The van der Waals surface area contributed by atoms with E-state index in [1.54, 1.807) is 25.6 Å². The summed E-state index contributed by atoms with van der Waals surface area (Å²) in [4.78, 5) is 15.9. The van der Waals surface area contributed by atoms with Gasteiger partial charge in [-0.05, 0) is 40.6 Å². The number of hydrogen-bond acceptors (Lipinski definition) is 4. The van der Waals surface area contributed by atoms with Crippen molar-refractivity contribution < 1.29 is 19.2 Å². The Balaban J connectivity index is 1.55. The van der Waals surface area contributed by atoms with Gasteiger partial charge in [-0.15, -0.1) is 0 Å². The van der Waals surface area contributed by atoms with E-state index in [0.29, 0.717) is 6.42 Å². The molecule has 1 fully saturated rings. The van der Waals surface area contributed by atoms with Crippen molar-refractivity contribution in [3.63, 3.8) is 0 Å². The minimum Gasteiger partial charge on any atom is -0.497 e. The van der Waals surface area contributed by atoms with Crippen molar-refractivity contribution in [3.05, 3.63) is 46.2 Å². The molecule has 134 valence electrons. The first-order chi connectivity index (χ1) is 12.2. The highest BCUT2D eigenvalue weighted by Gasteiger charge is 2.24. The van der Waals surface area contributed by atoms with Crippen LogP contribution in [0, 0.1) is 0 Å². The molecule has 3 rings (SSSR count). The number of rotatable bonds is 6. The van der Waals surface area contributed by atoms with Crippen LogP contribution in [0.5, 0.6) is 11.5 Å². The molecule has 1 saturated heterocycles. The fourth-order valence-corrected chi connectivity index (χ4v) is 3.89. The van der Waals surface area contributed by atoms with Gasteiger partial charge >= 0.3 is 0 Å². The maximum Gasteiger partial charge on any atom is 0.227 e. The minimum absolute atomic E-state index is 0.233. The third-order valence-electron chi connectivity index (χ3n) is 4.69. The van der Waals surface area contributed by atoms with Gasteiger partial charge in [0, 0.05) is 0 Å². The standard InChI is InChI=1S/C19H24N2O3S/c1-23-17-3-4-18(24-2)16(12-17)13-20-6-8-21(9-7-20)19(22)11-15-5-10-25-14-15/h3-5,10,12,14H,6-9,11,13H2,1-2H3/p+1. The summed E-state index contributed by atoms with van der Waals surface area (Å²) in [5.41, 5.74) is 2.26. The number of carbonyl (C=O) groups excluding carboxylic acids is 1. The Labute approximate surface area is 152 Å². The maximum atomic E-state index is 12.4. The van der Waals surface area contributed by atoms with E-state index >= 15 is 0 Å². The number of nitrogens with zero attached hydrogens (tertiary/aromatic N) is 1. The first-order valence-corrected chi connectivity index (χ1v) is 9.47. The SMILES string of the molecule is COc1ccc(OC)c(C[NH+]2CCN(C(=O)Cc3ccsc3)CC2)c1. The van der Waals surface area contributed by atoms with Gasteiger partial charge in [-0.3, -0.25) is 4.79 Å². The van der Waals surface area contributed by atoms with E-state index in [-0.39, 0.29) is 5.91 Å². The Morgan fingerprint density at radius 2 is 2.00 bits per heavy atom. The second-order valence-electron chi connectivity index (χ2n) is 6.29. The molecule has 1 aliphatic rings. The van der Waals surface area contributed by atoms with Crippen LogP contribution in [0.3, 0.4) is 0 Å². The zero-order valence-corrected chi connectivity index (χ0v) is 15.6. The number of ether oxygens (including phenoxy) is 2. The summed E-state index contributed by atoms with van der Waals surface area (Å²) < 4.78 is 10.8. The molecule has 0 radical (unpaired) electrons. The van der Waals surface area contributed by atoms with Crippen LogP contribution >= 0.6 is 11.3 Å². The smallest absolute Gasteiger partial charge is 0.227 e. The van der Waals surface area contributed by atoms with Crippen molar-refractivity contribution in [2.75, 3.05) is 40.4 Å². The first-order valence-electron chi connectivity index (χ1n) is 8.53. The molecule has 0 spiro atoms. The lowest BCUT2D eigenvalue weighted by atomic mass is 10.1. The van der Waals surface area contributed by atoms with Gasteiger partial charge in [0.25, 0.3) is 0 Å². The molecule has 2 aromatic rings. The Hall–Kier alpha value is -2.05. The fraction of sp³-hybridized carbons (Fsp3) is 0.421. The molecule has 1 N–H and O–H groups in total. The predicted molar refractivity (Wildman–Crippen MR) is 98.5 cm³/mol. The highest BCUT2D eigenvalue weighted by atomic mass is 32.1. The molecule has 25 heavy (non-hydrogen) atoms. The van der Waals surface area contributed by atoms with Crippen molar-refractivity contribution in [3.8, 4) is 11.5 Å². The van der Waals surface area contributed by atoms with Crippen LogP contribution in [0.2, 0.25) is 0 Å². The van der Waals surface area contributed by atoms with Gasteiger partial charge in [0.15, 0.2) is 0 Å². The second-order valence-corrected chi connectivity index (χ2v) is 7.07. The molecule has 1 aromatic heterocycles. The molecule has 0 atom stereocenters. The number of methoxy groups -OCH3 is 2. The summed E-state index contributed by atoms with van der Waals surface area (Å²) in [5.74, 6) is 1.97.